The summed E-state index contributed by atoms with van der Waals surface area (Å²) in [4.78, 5) is 13.8. The lowest BCUT2D eigenvalue weighted by Gasteiger charge is -2.35. The zero-order valence-corrected chi connectivity index (χ0v) is 11.7. The molecule has 2 heterocycles. The fourth-order valence-corrected chi connectivity index (χ4v) is 2.36. The number of nitrogens with zero attached hydrogens (tertiary/aromatic N) is 1. The van der Waals surface area contributed by atoms with Gasteiger partial charge in [-0.25, -0.2) is 0 Å². The molecule has 0 aliphatic carbocycles. The number of carbonyl (C=O) groups excluding carboxylic acids is 1. The summed E-state index contributed by atoms with van der Waals surface area (Å²) in [6, 6.07) is 3.36. The summed E-state index contributed by atoms with van der Waals surface area (Å²) in [5.41, 5.74) is 0. The van der Waals surface area contributed by atoms with Gasteiger partial charge in [0.15, 0.2) is 10.4 Å². The van der Waals surface area contributed by atoms with E-state index in [9.17, 15) is 4.79 Å². The molecule has 2 atom stereocenters. The third-order valence-electron chi connectivity index (χ3n) is 2.57. The number of halogens is 2. The van der Waals surface area contributed by atoms with Crippen LogP contribution in [0.1, 0.15) is 17.5 Å². The Morgan fingerprint density at radius 2 is 2.35 bits per heavy atom. The lowest BCUT2D eigenvalue weighted by molar-refractivity contribution is -0.0576. The highest BCUT2D eigenvalue weighted by atomic mass is 79.9. The molecular weight excluding hydrogens is 309 g/mol. The van der Waals surface area contributed by atoms with Crippen molar-refractivity contribution in [3.05, 3.63) is 22.6 Å². The maximum Gasteiger partial charge on any atom is 0.289 e. The Labute approximate surface area is 113 Å². The van der Waals surface area contributed by atoms with E-state index >= 15 is 0 Å². The molecule has 0 N–H and O–H groups in total. The molecule has 94 valence electrons. The van der Waals surface area contributed by atoms with Crippen molar-refractivity contribution < 1.29 is 13.9 Å². The van der Waals surface area contributed by atoms with Gasteiger partial charge in [-0.2, -0.15) is 0 Å². The van der Waals surface area contributed by atoms with Gasteiger partial charge in [-0.05, 0) is 35.0 Å². The van der Waals surface area contributed by atoms with Crippen molar-refractivity contribution in [1.29, 1.82) is 0 Å². The first-order valence-corrected chi connectivity index (χ1v) is 6.69. The summed E-state index contributed by atoms with van der Waals surface area (Å²) in [6.07, 6.45) is -0.113. The minimum atomic E-state index is -0.124. The first kappa shape index (κ1) is 12.9. The molecule has 1 aromatic heterocycles. The van der Waals surface area contributed by atoms with Crippen molar-refractivity contribution in [2.45, 2.75) is 19.1 Å². The van der Waals surface area contributed by atoms with E-state index in [-0.39, 0.29) is 18.1 Å². The van der Waals surface area contributed by atoms with Gasteiger partial charge in [-0.1, -0.05) is 0 Å². The highest BCUT2D eigenvalue weighted by Crippen LogP contribution is 2.19. The van der Waals surface area contributed by atoms with Crippen molar-refractivity contribution in [1.82, 2.24) is 4.90 Å². The van der Waals surface area contributed by atoms with Gasteiger partial charge in [-0.3, -0.25) is 4.79 Å². The average Bonchev–Trinajstić information content (AvgIpc) is 2.74. The molecular formula is C11H13BrClNO3. The van der Waals surface area contributed by atoms with Crippen LogP contribution in [0.4, 0.5) is 0 Å². The predicted molar refractivity (Wildman–Crippen MR) is 67.4 cm³/mol. The van der Waals surface area contributed by atoms with Crippen molar-refractivity contribution in [3.63, 3.8) is 0 Å². The number of ether oxygens (including phenoxy) is 1. The fourth-order valence-electron chi connectivity index (χ4n) is 1.88. The molecule has 4 nitrogen and oxygen atoms in total. The van der Waals surface area contributed by atoms with Crippen molar-refractivity contribution >= 4 is 33.4 Å². The summed E-state index contributed by atoms with van der Waals surface area (Å²) in [6.45, 7) is 2.99. The Hall–Kier alpha value is -0.520. The smallest absolute Gasteiger partial charge is 0.289 e. The number of morpholine rings is 1. The number of alkyl halides is 1. The molecule has 1 saturated heterocycles. The second kappa shape index (κ2) is 5.42. The van der Waals surface area contributed by atoms with E-state index in [2.05, 4.69) is 15.9 Å². The lowest BCUT2D eigenvalue weighted by atomic mass is 10.2. The summed E-state index contributed by atoms with van der Waals surface area (Å²) in [7, 11) is 0. The molecule has 0 radical (unpaired) electrons. The molecule has 0 saturated carbocycles. The van der Waals surface area contributed by atoms with E-state index in [4.69, 9.17) is 20.8 Å². The molecule has 0 bridgehead atoms. The molecule has 17 heavy (non-hydrogen) atoms. The third kappa shape index (κ3) is 3.03. The molecule has 1 aliphatic heterocycles. The zero-order chi connectivity index (χ0) is 12.4. The van der Waals surface area contributed by atoms with Crippen LogP contribution in [-0.2, 0) is 4.74 Å². The number of hydrogen-bond acceptors (Lipinski definition) is 3. The Kier molecular flexibility index (Phi) is 4.12. The first-order valence-electron chi connectivity index (χ1n) is 5.36. The SMILES string of the molecule is CC1CN(C(=O)c2ccc(Br)o2)CC(CCl)O1. The molecule has 2 rings (SSSR count). The molecule has 1 aromatic rings. The average molecular weight is 323 g/mol. The van der Waals surface area contributed by atoms with Crippen LogP contribution in [0.5, 0.6) is 0 Å². The number of carbonyl (C=O) groups is 1. The largest absolute Gasteiger partial charge is 0.444 e. The summed E-state index contributed by atoms with van der Waals surface area (Å²) >= 11 is 8.95. The van der Waals surface area contributed by atoms with E-state index in [1.807, 2.05) is 6.92 Å². The van der Waals surface area contributed by atoms with Crippen LogP contribution >= 0.6 is 27.5 Å². The minimum absolute atomic E-state index is 0.00477. The molecule has 2 unspecified atom stereocenters. The van der Waals surface area contributed by atoms with Crippen LogP contribution in [0.2, 0.25) is 0 Å². The lowest BCUT2D eigenvalue weighted by Crippen LogP contribution is -2.49. The van der Waals surface area contributed by atoms with Crippen LogP contribution < -0.4 is 0 Å². The van der Waals surface area contributed by atoms with Gasteiger partial charge in [0, 0.05) is 13.1 Å². The maximum absolute atomic E-state index is 12.1. The standard InChI is InChI=1S/C11H13BrClNO3/c1-7-5-14(6-8(4-13)16-7)11(15)9-2-3-10(12)17-9/h2-3,7-8H,4-6H2,1H3. The maximum atomic E-state index is 12.1. The predicted octanol–water partition coefficient (Wildman–Crippen LogP) is 2.51. The van der Waals surface area contributed by atoms with Gasteiger partial charge < -0.3 is 14.1 Å². The zero-order valence-electron chi connectivity index (χ0n) is 9.36. The van der Waals surface area contributed by atoms with Crippen molar-refractivity contribution in [3.8, 4) is 0 Å². The molecule has 0 spiro atoms. The van der Waals surface area contributed by atoms with Gasteiger partial charge >= 0.3 is 0 Å². The van der Waals surface area contributed by atoms with E-state index in [0.29, 0.717) is 29.4 Å². The number of furan rings is 1. The summed E-state index contributed by atoms with van der Waals surface area (Å²) in [5.74, 6) is 0.593. The summed E-state index contributed by atoms with van der Waals surface area (Å²) < 4.78 is 11.4. The van der Waals surface area contributed by atoms with E-state index in [0.717, 1.165) is 0 Å². The second-order valence-electron chi connectivity index (χ2n) is 4.04. The number of rotatable bonds is 2. The second-order valence-corrected chi connectivity index (χ2v) is 5.13. The topological polar surface area (TPSA) is 42.7 Å². The molecule has 1 amide bonds. The van der Waals surface area contributed by atoms with Crippen LogP contribution in [0.15, 0.2) is 21.2 Å². The van der Waals surface area contributed by atoms with Gasteiger partial charge in [0.2, 0.25) is 0 Å². The van der Waals surface area contributed by atoms with Crippen molar-refractivity contribution in [2.75, 3.05) is 19.0 Å². The summed E-state index contributed by atoms with van der Waals surface area (Å²) in [5, 5.41) is 0. The van der Waals surface area contributed by atoms with Crippen LogP contribution in [0.3, 0.4) is 0 Å². The highest BCUT2D eigenvalue weighted by Gasteiger charge is 2.29. The Bertz CT molecular complexity index is 409. The van der Waals surface area contributed by atoms with Crippen molar-refractivity contribution in [2.24, 2.45) is 0 Å². The quantitative estimate of drug-likeness (QED) is 0.786. The number of amides is 1. The number of hydrogen-bond donors (Lipinski definition) is 0. The Balaban J connectivity index is 2.08. The van der Waals surface area contributed by atoms with Gasteiger partial charge in [0.05, 0.1) is 18.1 Å². The van der Waals surface area contributed by atoms with E-state index < -0.39 is 0 Å². The first-order chi connectivity index (χ1) is 8.10. The highest BCUT2D eigenvalue weighted by molar-refractivity contribution is 9.10. The van der Waals surface area contributed by atoms with E-state index in [1.54, 1.807) is 17.0 Å². The normalized spacial score (nSPS) is 25.0. The Morgan fingerprint density at radius 1 is 1.59 bits per heavy atom. The van der Waals surface area contributed by atoms with Gasteiger partial charge in [-0.15, -0.1) is 11.6 Å². The van der Waals surface area contributed by atoms with Crippen LogP contribution in [0.25, 0.3) is 0 Å². The monoisotopic (exact) mass is 321 g/mol. The molecule has 1 fully saturated rings. The molecule has 0 aromatic carbocycles. The minimum Gasteiger partial charge on any atom is -0.444 e. The molecule has 6 heteroatoms. The van der Waals surface area contributed by atoms with Gasteiger partial charge in [0.1, 0.15) is 0 Å². The van der Waals surface area contributed by atoms with Gasteiger partial charge in [0.25, 0.3) is 5.91 Å². The third-order valence-corrected chi connectivity index (χ3v) is 3.34. The van der Waals surface area contributed by atoms with Crippen LogP contribution in [-0.4, -0.2) is 42.0 Å². The van der Waals surface area contributed by atoms with E-state index in [1.165, 1.54) is 0 Å². The van der Waals surface area contributed by atoms with Crippen LogP contribution in [0, 0.1) is 0 Å². The molecule has 1 aliphatic rings. The Morgan fingerprint density at radius 3 is 2.94 bits per heavy atom. The fraction of sp³-hybridized carbons (Fsp3) is 0.545.